The van der Waals surface area contributed by atoms with Gasteiger partial charge in [-0.1, -0.05) is 5.21 Å². The van der Waals surface area contributed by atoms with Gasteiger partial charge >= 0.3 is 5.97 Å². The maximum absolute atomic E-state index is 10.5. The molecule has 0 bridgehead atoms. The fourth-order valence-electron chi connectivity index (χ4n) is 0.907. The summed E-state index contributed by atoms with van der Waals surface area (Å²) in [7, 11) is 0. The minimum atomic E-state index is -1.11. The largest absolute Gasteiger partial charge is 0.476 e. The van der Waals surface area contributed by atoms with Crippen LogP contribution in [0.2, 0.25) is 0 Å². The van der Waals surface area contributed by atoms with Crippen LogP contribution in [0.5, 0.6) is 0 Å². The van der Waals surface area contributed by atoms with Crippen LogP contribution in [0.25, 0.3) is 5.69 Å². The molecule has 0 aliphatic heterocycles. The van der Waals surface area contributed by atoms with E-state index in [1.807, 2.05) is 0 Å². The topological polar surface area (TPSA) is 93.8 Å². The quantitative estimate of drug-likeness (QED) is 0.703. The smallest absolute Gasteiger partial charge is 0.358 e. The minimum Gasteiger partial charge on any atom is -0.476 e. The Morgan fingerprint density at radius 3 is 2.86 bits per heavy atom. The van der Waals surface area contributed by atoms with E-state index in [1.165, 1.54) is 23.3 Å². The predicted octanol–water partition coefficient (Wildman–Crippen LogP) is -0.245. The highest BCUT2D eigenvalue weighted by atomic mass is 16.4. The molecule has 0 aliphatic carbocycles. The Morgan fingerprint density at radius 2 is 2.29 bits per heavy atom. The number of rotatable bonds is 2. The summed E-state index contributed by atoms with van der Waals surface area (Å²) < 4.78 is 1.32. The van der Waals surface area contributed by atoms with Gasteiger partial charge < -0.3 is 5.11 Å². The molecule has 2 aromatic rings. The molecule has 7 heteroatoms. The Balaban J connectivity index is 2.39. The second-order valence-electron chi connectivity index (χ2n) is 2.45. The third-order valence-corrected chi connectivity index (χ3v) is 1.55. The molecule has 2 heterocycles. The van der Waals surface area contributed by atoms with Crippen molar-refractivity contribution in [3.05, 3.63) is 30.4 Å². The van der Waals surface area contributed by atoms with E-state index in [9.17, 15) is 4.79 Å². The standard InChI is InChI=1S/C7H5N5O2/c13-7(14)6-4-12(11-10-6)5-1-2-8-9-3-5/h1-4H,(H,13,14). The van der Waals surface area contributed by atoms with E-state index in [0.717, 1.165) is 0 Å². The Hall–Kier alpha value is -2.31. The fourth-order valence-corrected chi connectivity index (χ4v) is 0.907. The molecule has 0 unspecified atom stereocenters. The first-order chi connectivity index (χ1) is 6.77. The number of hydrogen-bond acceptors (Lipinski definition) is 5. The first-order valence-corrected chi connectivity index (χ1v) is 3.70. The molecule has 0 radical (unpaired) electrons. The summed E-state index contributed by atoms with van der Waals surface area (Å²) in [5.41, 5.74) is 0.502. The summed E-state index contributed by atoms with van der Waals surface area (Å²) in [6.07, 6.45) is 4.25. The van der Waals surface area contributed by atoms with Crippen LogP contribution in [0, 0.1) is 0 Å². The molecule has 2 rings (SSSR count). The van der Waals surface area contributed by atoms with Crippen LogP contribution in [0.15, 0.2) is 24.7 Å². The highest BCUT2D eigenvalue weighted by Crippen LogP contribution is 2.02. The van der Waals surface area contributed by atoms with Crippen molar-refractivity contribution in [1.82, 2.24) is 25.2 Å². The Bertz CT molecular complexity index is 452. The van der Waals surface area contributed by atoms with Crippen molar-refractivity contribution in [1.29, 1.82) is 0 Å². The molecule has 0 amide bonds. The lowest BCUT2D eigenvalue weighted by Gasteiger charge is -1.95. The van der Waals surface area contributed by atoms with Gasteiger partial charge in [-0.25, -0.2) is 9.48 Å². The Labute approximate surface area is 78.0 Å². The lowest BCUT2D eigenvalue weighted by Crippen LogP contribution is -1.96. The maximum atomic E-state index is 10.5. The van der Waals surface area contributed by atoms with Crippen LogP contribution >= 0.6 is 0 Å². The first kappa shape index (κ1) is 8.30. The van der Waals surface area contributed by atoms with Gasteiger partial charge in [0.05, 0.1) is 24.3 Å². The van der Waals surface area contributed by atoms with Crippen LogP contribution in [0.1, 0.15) is 10.5 Å². The Morgan fingerprint density at radius 1 is 1.43 bits per heavy atom. The summed E-state index contributed by atoms with van der Waals surface area (Å²) in [5, 5.41) is 22.9. The third-order valence-electron chi connectivity index (χ3n) is 1.55. The molecular weight excluding hydrogens is 186 g/mol. The van der Waals surface area contributed by atoms with E-state index in [2.05, 4.69) is 20.5 Å². The molecule has 0 saturated heterocycles. The van der Waals surface area contributed by atoms with E-state index < -0.39 is 5.97 Å². The van der Waals surface area contributed by atoms with Crippen LogP contribution in [0.3, 0.4) is 0 Å². The molecule has 14 heavy (non-hydrogen) atoms. The molecule has 7 nitrogen and oxygen atoms in total. The predicted molar refractivity (Wildman–Crippen MR) is 43.9 cm³/mol. The highest BCUT2D eigenvalue weighted by Gasteiger charge is 2.08. The molecule has 0 fully saturated rings. The normalized spacial score (nSPS) is 10.0. The average molecular weight is 191 g/mol. The molecule has 2 aromatic heterocycles. The lowest BCUT2D eigenvalue weighted by molar-refractivity contribution is 0.0690. The highest BCUT2D eigenvalue weighted by molar-refractivity contribution is 5.84. The molecule has 0 aromatic carbocycles. The fraction of sp³-hybridized carbons (Fsp3) is 0. The summed E-state index contributed by atoms with van der Waals surface area (Å²) in [5.74, 6) is -1.11. The van der Waals surface area contributed by atoms with Gasteiger partial charge in [-0.2, -0.15) is 10.2 Å². The lowest BCUT2D eigenvalue weighted by atomic mass is 10.4. The third kappa shape index (κ3) is 1.42. The molecule has 0 spiro atoms. The maximum Gasteiger partial charge on any atom is 0.358 e. The van der Waals surface area contributed by atoms with Gasteiger partial charge in [0.25, 0.3) is 0 Å². The molecule has 0 aliphatic rings. The van der Waals surface area contributed by atoms with Crippen LogP contribution in [-0.4, -0.2) is 36.3 Å². The van der Waals surface area contributed by atoms with E-state index in [1.54, 1.807) is 6.07 Å². The second kappa shape index (κ2) is 3.21. The van der Waals surface area contributed by atoms with Crippen LogP contribution < -0.4 is 0 Å². The van der Waals surface area contributed by atoms with Gasteiger partial charge in [0.15, 0.2) is 5.69 Å². The van der Waals surface area contributed by atoms with Gasteiger partial charge in [-0.3, -0.25) is 0 Å². The number of nitrogens with zero attached hydrogens (tertiary/aromatic N) is 5. The summed E-state index contributed by atoms with van der Waals surface area (Å²) in [4.78, 5) is 10.5. The van der Waals surface area contributed by atoms with Gasteiger partial charge in [0, 0.05) is 0 Å². The van der Waals surface area contributed by atoms with E-state index in [4.69, 9.17) is 5.11 Å². The van der Waals surface area contributed by atoms with Gasteiger partial charge in [-0.15, -0.1) is 5.10 Å². The van der Waals surface area contributed by atoms with E-state index in [0.29, 0.717) is 5.69 Å². The Kier molecular flexibility index (Phi) is 1.90. The van der Waals surface area contributed by atoms with Crippen LogP contribution in [0.4, 0.5) is 0 Å². The van der Waals surface area contributed by atoms with Gasteiger partial charge in [0.2, 0.25) is 0 Å². The van der Waals surface area contributed by atoms with Crippen molar-refractivity contribution in [2.75, 3.05) is 0 Å². The number of carbonyl (C=O) groups is 1. The SMILES string of the molecule is O=C(O)c1cn(-c2ccnnc2)nn1. The monoisotopic (exact) mass is 191 g/mol. The van der Waals surface area contributed by atoms with Crippen molar-refractivity contribution in [3.8, 4) is 5.69 Å². The minimum absolute atomic E-state index is 0.109. The number of carboxylic acid groups (broad SMARTS) is 1. The number of aromatic nitrogens is 5. The van der Waals surface area contributed by atoms with E-state index >= 15 is 0 Å². The van der Waals surface area contributed by atoms with Crippen molar-refractivity contribution < 1.29 is 9.90 Å². The number of hydrogen-bond donors (Lipinski definition) is 1. The molecule has 0 saturated carbocycles. The zero-order valence-electron chi connectivity index (χ0n) is 6.90. The van der Waals surface area contributed by atoms with Crippen molar-refractivity contribution in [3.63, 3.8) is 0 Å². The molecule has 1 N–H and O–H groups in total. The summed E-state index contributed by atoms with van der Waals surface area (Å²) in [6, 6.07) is 1.65. The van der Waals surface area contributed by atoms with Gasteiger partial charge in [0.1, 0.15) is 0 Å². The second-order valence-corrected chi connectivity index (χ2v) is 2.45. The van der Waals surface area contributed by atoms with Crippen LogP contribution in [-0.2, 0) is 0 Å². The molecule has 70 valence electrons. The molecule has 0 atom stereocenters. The van der Waals surface area contributed by atoms with Gasteiger partial charge in [-0.05, 0) is 6.07 Å². The average Bonchev–Trinajstić information content (AvgIpc) is 2.68. The zero-order chi connectivity index (χ0) is 9.97. The first-order valence-electron chi connectivity index (χ1n) is 3.70. The summed E-state index contributed by atoms with van der Waals surface area (Å²) >= 11 is 0. The number of aromatic carboxylic acids is 1. The summed E-state index contributed by atoms with van der Waals surface area (Å²) in [6.45, 7) is 0. The number of carboxylic acids is 1. The zero-order valence-corrected chi connectivity index (χ0v) is 6.90. The molecular formula is C7H5N5O2. The van der Waals surface area contributed by atoms with Crippen molar-refractivity contribution >= 4 is 5.97 Å². The van der Waals surface area contributed by atoms with Crippen molar-refractivity contribution in [2.24, 2.45) is 0 Å². The van der Waals surface area contributed by atoms with Crippen molar-refractivity contribution in [2.45, 2.75) is 0 Å². The van der Waals surface area contributed by atoms with E-state index in [-0.39, 0.29) is 5.69 Å².